The van der Waals surface area contributed by atoms with Crippen LogP contribution in [0.2, 0.25) is 0 Å². The van der Waals surface area contributed by atoms with E-state index in [1.54, 1.807) is 20.4 Å². The van der Waals surface area contributed by atoms with Gasteiger partial charge in [0, 0.05) is 5.56 Å². The highest BCUT2D eigenvalue weighted by molar-refractivity contribution is 5.83. The molecule has 0 aliphatic carbocycles. The molecule has 0 unspecified atom stereocenters. The monoisotopic (exact) mass is 270 g/mol. The maximum atomic E-state index is 5.29. The number of hydrogen-bond donors (Lipinski definition) is 1. The van der Waals surface area contributed by atoms with Crippen molar-refractivity contribution in [1.29, 1.82) is 0 Å². The first-order chi connectivity index (χ1) is 9.74. The molecular weight excluding hydrogens is 252 g/mol. The van der Waals surface area contributed by atoms with Gasteiger partial charge in [-0.3, -0.25) is 5.43 Å². The number of aryl methyl sites for hydroxylation is 1. The number of benzene rings is 2. The Morgan fingerprint density at radius 1 is 1.00 bits per heavy atom. The Labute approximate surface area is 119 Å². The molecule has 0 saturated heterocycles. The van der Waals surface area contributed by atoms with Crippen LogP contribution in [0.15, 0.2) is 47.6 Å². The molecule has 0 aliphatic heterocycles. The third-order valence-corrected chi connectivity index (χ3v) is 2.94. The molecule has 2 aromatic rings. The van der Waals surface area contributed by atoms with Crippen molar-refractivity contribution in [2.24, 2.45) is 5.10 Å². The molecule has 4 heteroatoms. The summed E-state index contributed by atoms with van der Waals surface area (Å²) in [6.07, 6.45) is 1.77. The van der Waals surface area contributed by atoms with Crippen LogP contribution in [0.3, 0.4) is 0 Å². The zero-order valence-corrected chi connectivity index (χ0v) is 11.9. The van der Waals surface area contributed by atoms with E-state index in [9.17, 15) is 0 Å². The van der Waals surface area contributed by atoms with Crippen LogP contribution in [0.25, 0.3) is 0 Å². The fraction of sp³-hybridized carbons (Fsp3) is 0.188. The molecule has 0 fully saturated rings. The lowest BCUT2D eigenvalue weighted by Gasteiger charge is -2.10. The maximum Gasteiger partial charge on any atom is 0.161 e. The summed E-state index contributed by atoms with van der Waals surface area (Å²) in [5.41, 5.74) is 5.98. The number of rotatable bonds is 5. The van der Waals surface area contributed by atoms with Crippen molar-refractivity contribution in [3.8, 4) is 11.5 Å². The predicted molar refractivity (Wildman–Crippen MR) is 81.9 cm³/mol. The summed E-state index contributed by atoms with van der Waals surface area (Å²) in [4.78, 5) is 0. The Morgan fingerprint density at radius 2 is 1.65 bits per heavy atom. The van der Waals surface area contributed by atoms with Gasteiger partial charge in [0.25, 0.3) is 0 Å². The van der Waals surface area contributed by atoms with Crippen molar-refractivity contribution < 1.29 is 9.47 Å². The third-order valence-electron chi connectivity index (χ3n) is 2.94. The van der Waals surface area contributed by atoms with Gasteiger partial charge in [0.2, 0.25) is 0 Å². The van der Waals surface area contributed by atoms with E-state index in [0.29, 0.717) is 5.75 Å². The van der Waals surface area contributed by atoms with Gasteiger partial charge in [-0.15, -0.1) is 0 Å². The van der Waals surface area contributed by atoms with Crippen molar-refractivity contribution in [1.82, 2.24) is 0 Å². The van der Waals surface area contributed by atoms with E-state index in [4.69, 9.17) is 9.47 Å². The number of methoxy groups -OCH3 is 2. The van der Waals surface area contributed by atoms with Crippen LogP contribution in [-0.4, -0.2) is 20.4 Å². The molecule has 0 aromatic heterocycles. The normalized spacial score (nSPS) is 10.6. The summed E-state index contributed by atoms with van der Waals surface area (Å²) in [6, 6.07) is 13.6. The van der Waals surface area contributed by atoms with Gasteiger partial charge in [0.1, 0.15) is 0 Å². The smallest absolute Gasteiger partial charge is 0.161 e. The molecule has 0 amide bonds. The molecule has 1 N–H and O–H groups in total. The average Bonchev–Trinajstić information content (AvgIpc) is 2.49. The van der Waals surface area contributed by atoms with Crippen LogP contribution in [-0.2, 0) is 0 Å². The van der Waals surface area contributed by atoms with Gasteiger partial charge in [0.15, 0.2) is 11.5 Å². The molecule has 0 saturated carbocycles. The summed E-state index contributed by atoms with van der Waals surface area (Å²) in [6.45, 7) is 2.01. The second-order valence-corrected chi connectivity index (χ2v) is 4.30. The Bertz CT molecular complexity index is 595. The molecule has 0 spiro atoms. The molecular formula is C16H18N2O2. The Morgan fingerprint density at radius 3 is 2.30 bits per heavy atom. The second kappa shape index (κ2) is 6.61. The van der Waals surface area contributed by atoms with E-state index in [1.807, 2.05) is 49.4 Å². The number of para-hydroxylation sites is 1. The number of nitrogens with zero attached hydrogens (tertiary/aromatic N) is 1. The van der Waals surface area contributed by atoms with Gasteiger partial charge in [-0.25, -0.2) is 0 Å². The van der Waals surface area contributed by atoms with E-state index in [-0.39, 0.29) is 0 Å². The fourth-order valence-corrected chi connectivity index (χ4v) is 1.82. The highest BCUT2D eigenvalue weighted by Crippen LogP contribution is 2.29. The topological polar surface area (TPSA) is 42.8 Å². The molecule has 0 heterocycles. The van der Waals surface area contributed by atoms with E-state index < -0.39 is 0 Å². The third kappa shape index (κ3) is 3.29. The lowest BCUT2D eigenvalue weighted by molar-refractivity contribution is 0.354. The van der Waals surface area contributed by atoms with Crippen molar-refractivity contribution in [2.45, 2.75) is 6.92 Å². The van der Waals surface area contributed by atoms with E-state index in [0.717, 1.165) is 22.6 Å². The molecule has 4 nitrogen and oxygen atoms in total. The lowest BCUT2D eigenvalue weighted by Crippen LogP contribution is -1.96. The largest absolute Gasteiger partial charge is 0.493 e. The summed E-state index contributed by atoms with van der Waals surface area (Å²) >= 11 is 0. The second-order valence-electron chi connectivity index (χ2n) is 4.30. The Kier molecular flexibility index (Phi) is 4.60. The van der Waals surface area contributed by atoms with Crippen molar-refractivity contribution in [2.75, 3.05) is 19.6 Å². The summed E-state index contributed by atoms with van der Waals surface area (Å²) in [5.74, 6) is 1.41. The fourth-order valence-electron chi connectivity index (χ4n) is 1.82. The van der Waals surface area contributed by atoms with Crippen LogP contribution in [0.5, 0.6) is 11.5 Å². The quantitative estimate of drug-likeness (QED) is 0.668. The molecule has 0 radical (unpaired) electrons. The van der Waals surface area contributed by atoms with E-state index >= 15 is 0 Å². The predicted octanol–water partition coefficient (Wildman–Crippen LogP) is 3.46. The van der Waals surface area contributed by atoms with Crippen molar-refractivity contribution in [3.63, 3.8) is 0 Å². The standard InChI is InChI=1S/C16H18N2O2/c1-12-9-15(19-2)16(20-3)10-13(12)11-17-18-14-7-5-4-6-8-14/h4-11,18H,1-3H3. The van der Waals surface area contributed by atoms with E-state index in [2.05, 4.69) is 10.5 Å². The van der Waals surface area contributed by atoms with Gasteiger partial charge in [-0.05, 0) is 36.8 Å². The van der Waals surface area contributed by atoms with Gasteiger partial charge < -0.3 is 9.47 Å². The van der Waals surface area contributed by atoms with Crippen LogP contribution in [0, 0.1) is 6.92 Å². The van der Waals surface area contributed by atoms with Gasteiger partial charge in [-0.2, -0.15) is 5.10 Å². The van der Waals surface area contributed by atoms with Gasteiger partial charge >= 0.3 is 0 Å². The molecule has 2 aromatic carbocycles. The number of ether oxygens (including phenoxy) is 2. The first-order valence-corrected chi connectivity index (χ1v) is 6.31. The molecule has 104 valence electrons. The van der Waals surface area contributed by atoms with Crippen LogP contribution >= 0.6 is 0 Å². The maximum absolute atomic E-state index is 5.29. The number of anilines is 1. The van der Waals surface area contributed by atoms with Crippen LogP contribution in [0.4, 0.5) is 5.69 Å². The summed E-state index contributed by atoms with van der Waals surface area (Å²) in [5, 5.41) is 4.23. The van der Waals surface area contributed by atoms with Crippen LogP contribution < -0.4 is 14.9 Å². The molecule has 0 bridgehead atoms. The Balaban J connectivity index is 2.16. The van der Waals surface area contributed by atoms with E-state index in [1.165, 1.54) is 0 Å². The minimum absolute atomic E-state index is 0.694. The minimum atomic E-state index is 0.694. The average molecular weight is 270 g/mol. The summed E-state index contributed by atoms with van der Waals surface area (Å²) in [7, 11) is 3.25. The Hall–Kier alpha value is -2.49. The molecule has 0 aliphatic rings. The lowest BCUT2D eigenvalue weighted by atomic mass is 10.1. The molecule has 20 heavy (non-hydrogen) atoms. The SMILES string of the molecule is COc1cc(C)c(C=NNc2ccccc2)cc1OC. The molecule has 2 rings (SSSR count). The van der Waals surface area contributed by atoms with Gasteiger partial charge in [-0.1, -0.05) is 18.2 Å². The highest BCUT2D eigenvalue weighted by atomic mass is 16.5. The van der Waals surface area contributed by atoms with Crippen molar-refractivity contribution in [3.05, 3.63) is 53.6 Å². The zero-order chi connectivity index (χ0) is 14.4. The summed E-state index contributed by atoms with van der Waals surface area (Å²) < 4.78 is 10.6. The number of nitrogens with one attached hydrogen (secondary N) is 1. The van der Waals surface area contributed by atoms with Gasteiger partial charge in [0.05, 0.1) is 26.1 Å². The minimum Gasteiger partial charge on any atom is -0.493 e. The van der Waals surface area contributed by atoms with Crippen LogP contribution in [0.1, 0.15) is 11.1 Å². The number of hydrogen-bond acceptors (Lipinski definition) is 4. The highest BCUT2D eigenvalue weighted by Gasteiger charge is 2.06. The van der Waals surface area contributed by atoms with Crippen molar-refractivity contribution >= 4 is 11.9 Å². The molecule has 0 atom stereocenters. The zero-order valence-electron chi connectivity index (χ0n) is 11.9. The number of hydrazone groups is 1. The first-order valence-electron chi connectivity index (χ1n) is 6.31. The first kappa shape index (κ1) is 13.9.